The minimum absolute atomic E-state index is 0.109. The topological polar surface area (TPSA) is 26.7 Å². The Morgan fingerprint density at radius 2 is 1.88 bits per heavy atom. The number of aliphatic hydroxyl groups is 1. The largest absolute Gasteiger partial charge is 0.391 e. The first-order valence-electron chi connectivity index (χ1n) is 6.81. The van der Waals surface area contributed by atoms with Crippen LogP contribution in [0.1, 0.15) is 33.1 Å². The standard InChI is InChI=1S/C13H26N2O/c1-11(2)15-8-5-12(9-15)13(16)10-14-6-3-4-7-14/h11-13,16H,3-10H2,1-2H3. The van der Waals surface area contributed by atoms with Gasteiger partial charge in [-0.05, 0) is 52.7 Å². The highest BCUT2D eigenvalue weighted by molar-refractivity contribution is 4.84. The van der Waals surface area contributed by atoms with E-state index in [1.807, 2.05) is 0 Å². The molecule has 0 saturated carbocycles. The molecule has 94 valence electrons. The van der Waals surface area contributed by atoms with Crippen LogP contribution in [0.2, 0.25) is 0 Å². The van der Waals surface area contributed by atoms with E-state index in [-0.39, 0.29) is 6.10 Å². The minimum atomic E-state index is -0.109. The van der Waals surface area contributed by atoms with E-state index < -0.39 is 0 Å². The third kappa shape index (κ3) is 2.96. The van der Waals surface area contributed by atoms with Crippen LogP contribution in [0.25, 0.3) is 0 Å². The van der Waals surface area contributed by atoms with Crippen LogP contribution in [0.5, 0.6) is 0 Å². The zero-order valence-corrected chi connectivity index (χ0v) is 10.7. The molecule has 0 bridgehead atoms. The normalized spacial score (nSPS) is 30.4. The molecule has 2 unspecified atom stereocenters. The zero-order chi connectivity index (χ0) is 11.5. The Labute approximate surface area is 99.4 Å². The fraction of sp³-hybridized carbons (Fsp3) is 1.00. The molecule has 1 N–H and O–H groups in total. The molecule has 2 rings (SSSR count). The number of β-amino-alcohol motifs (C(OH)–C–C–N with tert-alkyl or cyclic N) is 1. The molecule has 2 fully saturated rings. The summed E-state index contributed by atoms with van der Waals surface area (Å²) in [5, 5.41) is 10.2. The van der Waals surface area contributed by atoms with E-state index in [0.29, 0.717) is 12.0 Å². The van der Waals surface area contributed by atoms with Crippen molar-refractivity contribution in [3.8, 4) is 0 Å². The van der Waals surface area contributed by atoms with E-state index in [4.69, 9.17) is 0 Å². The van der Waals surface area contributed by atoms with Gasteiger partial charge in [0.05, 0.1) is 6.10 Å². The van der Waals surface area contributed by atoms with Gasteiger partial charge in [-0.2, -0.15) is 0 Å². The molecule has 0 aliphatic carbocycles. The fourth-order valence-corrected chi connectivity index (χ4v) is 2.98. The summed E-state index contributed by atoms with van der Waals surface area (Å²) < 4.78 is 0. The van der Waals surface area contributed by atoms with Gasteiger partial charge in [0.15, 0.2) is 0 Å². The number of rotatable bonds is 4. The Bertz CT molecular complexity index is 214. The second kappa shape index (κ2) is 5.48. The number of nitrogens with zero attached hydrogens (tertiary/aromatic N) is 2. The van der Waals surface area contributed by atoms with E-state index >= 15 is 0 Å². The Hall–Kier alpha value is -0.120. The summed E-state index contributed by atoms with van der Waals surface area (Å²) >= 11 is 0. The minimum Gasteiger partial charge on any atom is -0.391 e. The number of likely N-dealkylation sites (tertiary alicyclic amines) is 2. The Morgan fingerprint density at radius 3 is 2.44 bits per heavy atom. The first-order valence-corrected chi connectivity index (χ1v) is 6.81. The molecular weight excluding hydrogens is 200 g/mol. The highest BCUT2D eigenvalue weighted by Crippen LogP contribution is 2.23. The van der Waals surface area contributed by atoms with Gasteiger partial charge in [-0.25, -0.2) is 0 Å². The van der Waals surface area contributed by atoms with Crippen molar-refractivity contribution in [1.29, 1.82) is 0 Å². The van der Waals surface area contributed by atoms with Gasteiger partial charge in [0, 0.05) is 25.0 Å². The van der Waals surface area contributed by atoms with Crippen LogP contribution in [0.15, 0.2) is 0 Å². The molecule has 16 heavy (non-hydrogen) atoms. The van der Waals surface area contributed by atoms with Gasteiger partial charge in [0.2, 0.25) is 0 Å². The van der Waals surface area contributed by atoms with Crippen LogP contribution in [0.3, 0.4) is 0 Å². The number of hydrogen-bond donors (Lipinski definition) is 1. The van der Waals surface area contributed by atoms with E-state index in [9.17, 15) is 5.11 Å². The molecule has 3 heteroatoms. The fourth-order valence-electron chi connectivity index (χ4n) is 2.98. The molecule has 2 heterocycles. The summed E-state index contributed by atoms with van der Waals surface area (Å²) in [7, 11) is 0. The Morgan fingerprint density at radius 1 is 1.19 bits per heavy atom. The van der Waals surface area contributed by atoms with Crippen LogP contribution in [-0.4, -0.2) is 59.8 Å². The van der Waals surface area contributed by atoms with Crippen LogP contribution in [0.4, 0.5) is 0 Å². The number of hydrogen-bond acceptors (Lipinski definition) is 3. The third-order valence-corrected chi connectivity index (χ3v) is 4.17. The van der Waals surface area contributed by atoms with E-state index in [2.05, 4.69) is 23.6 Å². The highest BCUT2D eigenvalue weighted by Gasteiger charge is 2.30. The molecule has 2 saturated heterocycles. The van der Waals surface area contributed by atoms with Crippen molar-refractivity contribution in [2.45, 2.75) is 45.3 Å². The summed E-state index contributed by atoms with van der Waals surface area (Å²) in [5.74, 6) is 0.503. The van der Waals surface area contributed by atoms with Crippen molar-refractivity contribution in [2.24, 2.45) is 5.92 Å². The van der Waals surface area contributed by atoms with Crippen molar-refractivity contribution in [1.82, 2.24) is 9.80 Å². The maximum Gasteiger partial charge on any atom is 0.0707 e. The maximum atomic E-state index is 10.2. The SMILES string of the molecule is CC(C)N1CCC(C(O)CN2CCCC2)C1. The van der Waals surface area contributed by atoms with E-state index in [1.165, 1.54) is 38.9 Å². The van der Waals surface area contributed by atoms with Crippen molar-refractivity contribution in [3.05, 3.63) is 0 Å². The van der Waals surface area contributed by atoms with Crippen LogP contribution in [-0.2, 0) is 0 Å². The van der Waals surface area contributed by atoms with Gasteiger partial charge in [-0.3, -0.25) is 0 Å². The van der Waals surface area contributed by atoms with Gasteiger partial charge >= 0.3 is 0 Å². The molecule has 0 aromatic carbocycles. The second-order valence-electron chi connectivity index (χ2n) is 5.71. The average Bonchev–Trinajstić information content (AvgIpc) is 2.86. The van der Waals surface area contributed by atoms with E-state index in [0.717, 1.165) is 13.1 Å². The smallest absolute Gasteiger partial charge is 0.0707 e. The van der Waals surface area contributed by atoms with Crippen LogP contribution >= 0.6 is 0 Å². The summed E-state index contributed by atoms with van der Waals surface area (Å²) in [6.45, 7) is 10.0. The third-order valence-electron chi connectivity index (χ3n) is 4.17. The summed E-state index contributed by atoms with van der Waals surface area (Å²) in [6, 6.07) is 0.629. The molecule has 2 aliphatic heterocycles. The molecule has 2 atom stereocenters. The van der Waals surface area contributed by atoms with Gasteiger partial charge in [-0.1, -0.05) is 0 Å². The van der Waals surface area contributed by atoms with Crippen molar-refractivity contribution in [2.75, 3.05) is 32.7 Å². The number of aliphatic hydroxyl groups excluding tert-OH is 1. The predicted octanol–water partition coefficient (Wildman–Crippen LogP) is 1.17. The molecule has 0 spiro atoms. The lowest BCUT2D eigenvalue weighted by Gasteiger charge is -2.25. The molecule has 0 aromatic heterocycles. The molecule has 3 nitrogen and oxygen atoms in total. The first-order chi connectivity index (χ1) is 7.66. The summed E-state index contributed by atoms with van der Waals surface area (Å²) in [6.07, 6.45) is 3.69. The second-order valence-corrected chi connectivity index (χ2v) is 5.71. The molecule has 0 aromatic rings. The predicted molar refractivity (Wildman–Crippen MR) is 66.5 cm³/mol. The molecule has 0 radical (unpaired) electrons. The van der Waals surface area contributed by atoms with Gasteiger partial charge in [0.1, 0.15) is 0 Å². The van der Waals surface area contributed by atoms with Gasteiger partial charge in [0.25, 0.3) is 0 Å². The van der Waals surface area contributed by atoms with Crippen LogP contribution in [0, 0.1) is 5.92 Å². The first kappa shape index (κ1) is 12.3. The maximum absolute atomic E-state index is 10.2. The lowest BCUT2D eigenvalue weighted by atomic mass is 10.0. The molecular formula is C13H26N2O. The summed E-state index contributed by atoms with van der Waals surface area (Å²) in [5.41, 5.74) is 0. The Balaban J connectivity index is 1.75. The van der Waals surface area contributed by atoms with Gasteiger partial charge < -0.3 is 14.9 Å². The highest BCUT2D eigenvalue weighted by atomic mass is 16.3. The van der Waals surface area contributed by atoms with Crippen LogP contribution < -0.4 is 0 Å². The van der Waals surface area contributed by atoms with Crippen molar-refractivity contribution >= 4 is 0 Å². The lowest BCUT2D eigenvalue weighted by molar-refractivity contribution is 0.0726. The van der Waals surface area contributed by atoms with Crippen molar-refractivity contribution < 1.29 is 5.11 Å². The Kier molecular flexibility index (Phi) is 4.22. The summed E-state index contributed by atoms with van der Waals surface area (Å²) in [4.78, 5) is 4.90. The quantitative estimate of drug-likeness (QED) is 0.779. The van der Waals surface area contributed by atoms with Crippen molar-refractivity contribution in [3.63, 3.8) is 0 Å². The molecule has 0 amide bonds. The average molecular weight is 226 g/mol. The molecule has 2 aliphatic rings. The van der Waals surface area contributed by atoms with Gasteiger partial charge in [-0.15, -0.1) is 0 Å². The lowest BCUT2D eigenvalue weighted by Crippen LogP contribution is -2.37. The monoisotopic (exact) mass is 226 g/mol. The zero-order valence-electron chi connectivity index (χ0n) is 10.7. The van der Waals surface area contributed by atoms with E-state index in [1.54, 1.807) is 0 Å².